The molecule has 0 fully saturated rings. The van der Waals surface area contributed by atoms with E-state index in [-0.39, 0.29) is 23.2 Å². The molecule has 0 saturated heterocycles. The number of fused-ring (bicyclic) bond motifs is 1. The fourth-order valence-corrected chi connectivity index (χ4v) is 4.67. The zero-order valence-corrected chi connectivity index (χ0v) is 20.0. The topological polar surface area (TPSA) is 69.7 Å². The number of benzene rings is 3. The van der Waals surface area contributed by atoms with Crippen LogP contribution in [-0.2, 0) is 29.1 Å². The molecule has 0 atom stereocenters. The van der Waals surface area contributed by atoms with E-state index < -0.39 is 11.8 Å². The first kappa shape index (κ1) is 22.9. The Morgan fingerprint density at radius 1 is 0.943 bits per heavy atom. The number of imide groups is 1. The molecule has 0 bridgehead atoms. The maximum atomic E-state index is 13.3. The quantitative estimate of drug-likeness (QED) is 0.535. The molecule has 6 nitrogen and oxygen atoms in total. The summed E-state index contributed by atoms with van der Waals surface area (Å²) in [5.74, 6) is -1.12. The molecule has 0 spiro atoms. The molecule has 35 heavy (non-hydrogen) atoms. The highest BCUT2D eigenvalue weighted by atomic mass is 35.5. The molecule has 2 aliphatic rings. The number of aryl methyl sites for hydroxylation is 1. The number of carbonyl (C=O) groups excluding carboxylic acids is 3. The zero-order chi connectivity index (χ0) is 24.5. The number of halogens is 1. The van der Waals surface area contributed by atoms with Gasteiger partial charge in [0.2, 0.25) is 0 Å². The van der Waals surface area contributed by atoms with Crippen molar-refractivity contribution in [1.82, 2.24) is 9.80 Å². The van der Waals surface area contributed by atoms with E-state index in [1.807, 2.05) is 60.4 Å². The molecule has 2 heterocycles. The van der Waals surface area contributed by atoms with Crippen LogP contribution in [0.25, 0.3) is 0 Å². The fourth-order valence-electron chi connectivity index (χ4n) is 4.44. The summed E-state index contributed by atoms with van der Waals surface area (Å²) in [6.07, 6.45) is 0.815. The van der Waals surface area contributed by atoms with Crippen LogP contribution in [0.3, 0.4) is 0 Å². The van der Waals surface area contributed by atoms with Crippen LogP contribution >= 0.6 is 11.6 Å². The Bertz CT molecular complexity index is 1370. The molecular weight excluding hydrogens is 462 g/mol. The van der Waals surface area contributed by atoms with Gasteiger partial charge in [-0.1, -0.05) is 72.3 Å². The molecule has 0 radical (unpaired) electrons. The van der Waals surface area contributed by atoms with Crippen molar-refractivity contribution in [3.8, 4) is 0 Å². The van der Waals surface area contributed by atoms with Crippen LogP contribution in [-0.4, -0.2) is 34.1 Å². The molecule has 0 unspecified atom stereocenters. The van der Waals surface area contributed by atoms with Gasteiger partial charge in [0, 0.05) is 24.3 Å². The van der Waals surface area contributed by atoms with Crippen LogP contribution < -0.4 is 5.32 Å². The van der Waals surface area contributed by atoms with E-state index in [0.29, 0.717) is 24.3 Å². The summed E-state index contributed by atoms with van der Waals surface area (Å²) >= 11 is 6.29. The minimum absolute atomic E-state index is 0.0206. The average Bonchev–Trinajstić information content (AvgIpc) is 3.08. The van der Waals surface area contributed by atoms with Crippen molar-refractivity contribution in [2.45, 2.75) is 26.4 Å². The third-order valence-corrected chi connectivity index (χ3v) is 6.81. The summed E-state index contributed by atoms with van der Waals surface area (Å²) in [5, 5.41) is 2.88. The zero-order valence-electron chi connectivity index (χ0n) is 19.3. The number of amides is 3. The first-order valence-corrected chi connectivity index (χ1v) is 11.8. The van der Waals surface area contributed by atoms with Crippen molar-refractivity contribution in [2.75, 3.05) is 11.9 Å². The Kier molecular flexibility index (Phi) is 6.14. The third-order valence-electron chi connectivity index (χ3n) is 6.46. The molecule has 3 aromatic carbocycles. The van der Waals surface area contributed by atoms with Gasteiger partial charge in [0.1, 0.15) is 10.7 Å². The third kappa shape index (κ3) is 4.45. The van der Waals surface area contributed by atoms with Crippen LogP contribution in [0.2, 0.25) is 0 Å². The van der Waals surface area contributed by atoms with Gasteiger partial charge >= 0.3 is 0 Å². The highest BCUT2D eigenvalue weighted by Gasteiger charge is 2.38. The van der Waals surface area contributed by atoms with Gasteiger partial charge in [-0.25, -0.2) is 0 Å². The molecule has 0 saturated carbocycles. The second-order valence-corrected chi connectivity index (χ2v) is 9.15. The van der Waals surface area contributed by atoms with E-state index in [4.69, 9.17) is 11.6 Å². The molecular formula is C28H24ClN3O3. The van der Waals surface area contributed by atoms with E-state index in [0.717, 1.165) is 28.0 Å². The SMILES string of the molecule is Cc1ccc(C(=O)N2CCc3ccccc3C2)cc1NC1=C(Cl)C(=O)N(Cc2ccccc2)C1=O. The van der Waals surface area contributed by atoms with E-state index in [2.05, 4.69) is 17.4 Å². The molecule has 3 aromatic rings. The minimum Gasteiger partial charge on any atom is -0.349 e. The number of hydrogen-bond donors (Lipinski definition) is 1. The maximum Gasteiger partial charge on any atom is 0.279 e. The lowest BCUT2D eigenvalue weighted by Crippen LogP contribution is -2.36. The standard InChI is InChI=1S/C28H24ClN3O3/c1-18-11-12-21(26(33)31-14-13-20-9-5-6-10-22(20)17-31)15-23(18)30-25-24(29)27(34)32(28(25)35)16-19-7-3-2-4-8-19/h2-12,15,30H,13-14,16-17H2,1H3. The van der Waals surface area contributed by atoms with Crippen molar-refractivity contribution in [2.24, 2.45) is 0 Å². The Balaban J connectivity index is 1.35. The number of anilines is 1. The van der Waals surface area contributed by atoms with Gasteiger partial charge in [0.05, 0.1) is 6.54 Å². The minimum atomic E-state index is -0.542. The lowest BCUT2D eigenvalue weighted by molar-refractivity contribution is -0.138. The fraction of sp³-hybridized carbons (Fsp3) is 0.179. The number of rotatable bonds is 5. The van der Waals surface area contributed by atoms with Gasteiger partial charge in [0.25, 0.3) is 17.7 Å². The van der Waals surface area contributed by atoms with E-state index in [9.17, 15) is 14.4 Å². The molecule has 176 valence electrons. The molecule has 5 rings (SSSR count). The van der Waals surface area contributed by atoms with Crippen molar-refractivity contribution < 1.29 is 14.4 Å². The number of nitrogens with zero attached hydrogens (tertiary/aromatic N) is 2. The van der Waals surface area contributed by atoms with Crippen molar-refractivity contribution in [3.05, 3.63) is 111 Å². The van der Waals surface area contributed by atoms with Gasteiger partial charge in [-0.3, -0.25) is 19.3 Å². The van der Waals surface area contributed by atoms with Crippen LogP contribution in [0.5, 0.6) is 0 Å². The van der Waals surface area contributed by atoms with Crippen LogP contribution in [0.15, 0.2) is 83.5 Å². The van der Waals surface area contributed by atoms with Gasteiger partial charge in [-0.05, 0) is 47.7 Å². The van der Waals surface area contributed by atoms with Crippen molar-refractivity contribution in [1.29, 1.82) is 0 Å². The summed E-state index contributed by atoms with van der Waals surface area (Å²) in [4.78, 5) is 42.0. The Hall–Kier alpha value is -3.90. The Morgan fingerprint density at radius 3 is 2.43 bits per heavy atom. The van der Waals surface area contributed by atoms with Gasteiger partial charge in [-0.2, -0.15) is 0 Å². The van der Waals surface area contributed by atoms with E-state index in [1.54, 1.807) is 12.1 Å². The highest BCUT2D eigenvalue weighted by Crippen LogP contribution is 2.29. The Labute approximate surface area is 208 Å². The second kappa shape index (κ2) is 9.39. The molecule has 0 aliphatic carbocycles. The lowest BCUT2D eigenvalue weighted by Gasteiger charge is -2.29. The number of carbonyl (C=O) groups is 3. The molecule has 2 aliphatic heterocycles. The van der Waals surface area contributed by atoms with Crippen LogP contribution in [0.4, 0.5) is 5.69 Å². The smallest absolute Gasteiger partial charge is 0.279 e. The summed E-state index contributed by atoms with van der Waals surface area (Å²) in [7, 11) is 0. The van der Waals surface area contributed by atoms with Crippen LogP contribution in [0.1, 0.15) is 32.6 Å². The lowest BCUT2D eigenvalue weighted by atomic mass is 9.99. The predicted octanol–water partition coefficient (Wildman–Crippen LogP) is 4.62. The highest BCUT2D eigenvalue weighted by molar-refractivity contribution is 6.48. The van der Waals surface area contributed by atoms with Gasteiger partial charge < -0.3 is 10.2 Å². The van der Waals surface area contributed by atoms with Crippen molar-refractivity contribution >= 4 is 35.0 Å². The molecule has 0 aromatic heterocycles. The monoisotopic (exact) mass is 485 g/mol. The first-order chi connectivity index (χ1) is 16.9. The van der Waals surface area contributed by atoms with Crippen molar-refractivity contribution in [3.63, 3.8) is 0 Å². The largest absolute Gasteiger partial charge is 0.349 e. The van der Waals surface area contributed by atoms with Gasteiger partial charge in [0.15, 0.2) is 0 Å². The maximum absolute atomic E-state index is 13.3. The molecule has 1 N–H and O–H groups in total. The first-order valence-electron chi connectivity index (χ1n) is 11.5. The van der Waals surface area contributed by atoms with E-state index >= 15 is 0 Å². The summed E-state index contributed by atoms with van der Waals surface area (Å²) in [6, 6.07) is 22.7. The summed E-state index contributed by atoms with van der Waals surface area (Å²) < 4.78 is 0. The van der Waals surface area contributed by atoms with Crippen LogP contribution in [0, 0.1) is 6.92 Å². The normalized spacial score (nSPS) is 15.5. The van der Waals surface area contributed by atoms with E-state index in [1.165, 1.54) is 5.56 Å². The molecule has 7 heteroatoms. The second-order valence-electron chi connectivity index (χ2n) is 8.77. The number of hydrogen-bond acceptors (Lipinski definition) is 4. The Morgan fingerprint density at radius 2 is 1.66 bits per heavy atom. The molecule has 3 amide bonds. The summed E-state index contributed by atoms with van der Waals surface area (Å²) in [6.45, 7) is 3.20. The summed E-state index contributed by atoms with van der Waals surface area (Å²) in [5.41, 5.74) is 5.16. The predicted molar refractivity (Wildman–Crippen MR) is 135 cm³/mol. The van der Waals surface area contributed by atoms with Gasteiger partial charge in [-0.15, -0.1) is 0 Å². The number of nitrogens with one attached hydrogen (secondary N) is 1. The average molecular weight is 486 g/mol.